The normalized spacial score (nSPS) is 17.7. The number of para-hydroxylation sites is 5. The Morgan fingerprint density at radius 3 is 1.17 bits per heavy atom. The molecule has 26 aromatic rings. The summed E-state index contributed by atoms with van der Waals surface area (Å²) in [5.74, 6) is 5.55. The Morgan fingerprint density at radius 1 is 0.261 bits per heavy atom. The molecule has 11 aromatic heterocycles. The lowest BCUT2D eigenvalue weighted by molar-refractivity contribution is -0.944. The standard InChI is InChI=1S/C36H18N4O.C35H17N5O.C33H17N3O/c1-2-7-20-19(6-1)21-11-13-28-32-30(21)34-23(20)8-5-17-38(34)36(32)33-29(41-28)14-12-22-24-18-37-16-15-25(24)39-26-9-3-4-10-27(26)40(36)35(39)31(22)33;1-2-7-19-18(6-1)20-11-13-25-29-27(20)32-21(19)8-5-17-38(32)35(29)30-26(41-25)14-12-22-28(30)34-39(33-31(22)36-15-16-37-33)23-9-3-4-10-24(23)40(34)35;1-2-7-19-18(6-1)21-11-13-25-29-27(21)31-23(19)9-5-15-35(31)33(29)30-26(37-25)14-12-22-20-8-3-4-10-24(20)34-16-17-36(33)32(34)28(22)30/h1-18H;1-17H;1-17H/q3*+2. The first-order valence-corrected chi connectivity index (χ1v) is 40.8. The third-order valence-electron chi connectivity index (χ3n) is 29.0. The monoisotopic (exact) mass is 1520 g/mol. The lowest BCUT2D eigenvalue weighted by Gasteiger charge is -2.28. The fraction of sp³-hybridized carbons (Fsp3) is 0.0288. The molecule has 3 atom stereocenters. The van der Waals surface area contributed by atoms with E-state index in [1.807, 2.05) is 12.4 Å². The van der Waals surface area contributed by atoms with Gasteiger partial charge in [0, 0.05) is 76.0 Å². The quantitative estimate of drug-likeness (QED) is 0.111. The molecule has 35 rings (SSSR count). The second-order valence-corrected chi connectivity index (χ2v) is 33.5. The Morgan fingerprint density at radius 2 is 0.639 bits per heavy atom. The molecule has 0 N–H and O–H groups in total. The second kappa shape index (κ2) is 19.0. The van der Waals surface area contributed by atoms with Gasteiger partial charge in [0.2, 0.25) is 16.6 Å². The van der Waals surface area contributed by atoms with Gasteiger partial charge >= 0.3 is 33.9 Å². The predicted octanol–water partition coefficient (Wildman–Crippen LogP) is 19.4. The number of aromatic nitrogens is 12. The first-order chi connectivity index (χ1) is 59.1. The van der Waals surface area contributed by atoms with Gasteiger partial charge in [-0.2, -0.15) is 17.8 Å². The fourth-order valence-corrected chi connectivity index (χ4v) is 25.3. The van der Waals surface area contributed by atoms with Crippen LogP contribution in [-0.2, 0) is 17.0 Å². The molecule has 0 saturated carbocycles. The van der Waals surface area contributed by atoms with E-state index in [1.165, 1.54) is 191 Å². The zero-order valence-electron chi connectivity index (χ0n) is 62.6. The number of hydrogen-bond acceptors (Lipinski definition) is 6. The summed E-state index contributed by atoms with van der Waals surface area (Å²) in [6.07, 6.45) is 18.8. The first kappa shape index (κ1) is 58.7. The van der Waals surface area contributed by atoms with E-state index in [4.69, 9.17) is 24.2 Å². The third-order valence-corrected chi connectivity index (χ3v) is 29.0. The maximum atomic E-state index is 6.86. The molecule has 0 radical (unpaired) electrons. The van der Waals surface area contributed by atoms with Crippen LogP contribution in [0.5, 0.6) is 34.5 Å². The number of rotatable bonds is 0. The van der Waals surface area contributed by atoms with E-state index < -0.39 is 17.0 Å². The Bertz CT molecular complexity index is 9430. The van der Waals surface area contributed by atoms with E-state index in [0.29, 0.717) is 0 Å². The van der Waals surface area contributed by atoms with Gasteiger partial charge in [-0.15, -0.1) is 22.8 Å². The molecule has 15 heteroatoms. The van der Waals surface area contributed by atoms with Crippen LogP contribution in [0.2, 0.25) is 0 Å². The van der Waals surface area contributed by atoms with Crippen molar-refractivity contribution in [2.45, 2.75) is 17.0 Å². The van der Waals surface area contributed by atoms with Gasteiger partial charge in [0.15, 0.2) is 40.7 Å². The number of pyridine rings is 7. The zero-order valence-corrected chi connectivity index (χ0v) is 62.6. The molecule has 0 aliphatic carbocycles. The minimum Gasteiger partial charge on any atom is -0.456 e. The van der Waals surface area contributed by atoms with Gasteiger partial charge in [-0.25, -0.2) is 9.97 Å². The van der Waals surface area contributed by atoms with Crippen molar-refractivity contribution in [3.05, 3.63) is 350 Å². The summed E-state index contributed by atoms with van der Waals surface area (Å²) in [5, 5.41) is 28.9. The van der Waals surface area contributed by atoms with Gasteiger partial charge in [-0.3, -0.25) is 4.98 Å². The smallest absolute Gasteiger partial charge is 0.372 e. The number of imidazole rings is 3. The molecule has 9 aliphatic heterocycles. The van der Waals surface area contributed by atoms with Crippen molar-refractivity contribution in [2.24, 2.45) is 0 Å². The number of ether oxygens (including phenoxy) is 3. The average molecular weight is 1520 g/mol. The van der Waals surface area contributed by atoms with Gasteiger partial charge in [0.25, 0.3) is 5.65 Å². The highest BCUT2D eigenvalue weighted by molar-refractivity contribution is 6.30. The van der Waals surface area contributed by atoms with Crippen LogP contribution < -0.4 is 41.6 Å². The Hall–Kier alpha value is -16.1. The summed E-state index contributed by atoms with van der Waals surface area (Å²) in [6.45, 7) is 0. The van der Waals surface area contributed by atoms with Gasteiger partial charge in [-0.1, -0.05) is 115 Å². The Kier molecular flexibility index (Phi) is 9.35. The van der Waals surface area contributed by atoms with Crippen molar-refractivity contribution in [1.29, 1.82) is 0 Å². The number of benzene rings is 15. The van der Waals surface area contributed by atoms with Crippen molar-refractivity contribution < 1.29 is 41.6 Å². The lowest BCUT2D eigenvalue weighted by Crippen LogP contribution is -2.72. The number of nitrogens with zero attached hydrogens (tertiary/aromatic N) is 12. The van der Waals surface area contributed by atoms with Crippen LogP contribution >= 0.6 is 0 Å². The molecule has 15 nitrogen and oxygen atoms in total. The largest absolute Gasteiger partial charge is 0.456 e. The molecule has 0 bridgehead atoms. The van der Waals surface area contributed by atoms with E-state index in [9.17, 15) is 0 Å². The molecule has 15 aromatic carbocycles. The SMILES string of the molecule is c1ccc2c(c1)c1ccc3c4c1c1c2ccc[n+]1C41c2c(ccc4c5ccccc5n5cc[n+]1c5c24)O3.c1ccc2c(c1)c1ccc3c4c1c1c2ccc[n+]1C41c2c(ccc4c5cnccc5n5c6ccccc6[n+]1c5c24)O3.c1ccc2c(c1)c1ccc3c4c1c1c2ccc[n+]1C41c2c(ccc4c5nccnc5n5c6ccccc6[n+]1c5c24)O3. The molecule has 540 valence electrons. The van der Waals surface area contributed by atoms with Crippen LogP contribution in [0.1, 0.15) is 33.4 Å². The summed E-state index contributed by atoms with van der Waals surface area (Å²) in [6, 6.07) is 94.7. The maximum Gasteiger partial charge on any atom is 0.372 e. The fourth-order valence-electron chi connectivity index (χ4n) is 25.3. The highest BCUT2D eigenvalue weighted by Crippen LogP contribution is 2.63. The van der Waals surface area contributed by atoms with Crippen molar-refractivity contribution in [3.63, 3.8) is 0 Å². The van der Waals surface area contributed by atoms with Crippen LogP contribution in [0.15, 0.2) is 317 Å². The minimum absolute atomic E-state index is 0.532. The molecule has 119 heavy (non-hydrogen) atoms. The summed E-state index contributed by atoms with van der Waals surface area (Å²) in [4.78, 5) is 14.4. The van der Waals surface area contributed by atoms with Crippen LogP contribution in [0, 0.1) is 0 Å². The lowest BCUT2D eigenvalue weighted by atomic mass is 9.85. The summed E-state index contributed by atoms with van der Waals surface area (Å²) < 4.78 is 42.9. The van der Waals surface area contributed by atoms with Crippen molar-refractivity contribution in [3.8, 4) is 34.5 Å². The van der Waals surface area contributed by atoms with Gasteiger partial charge < -0.3 is 14.2 Å². The molecule has 0 fully saturated rings. The number of hydrogen-bond donors (Lipinski definition) is 0. The zero-order chi connectivity index (χ0) is 76.0. The summed E-state index contributed by atoms with van der Waals surface area (Å²) in [7, 11) is 0. The van der Waals surface area contributed by atoms with Gasteiger partial charge in [0.1, 0.15) is 96.8 Å². The third kappa shape index (κ3) is 5.85. The highest BCUT2D eigenvalue weighted by Gasteiger charge is 2.72. The van der Waals surface area contributed by atoms with Gasteiger partial charge in [0.05, 0.1) is 48.5 Å². The molecule has 9 aliphatic rings. The average Bonchev–Trinajstić information content (AvgIpc) is 1.47. The second-order valence-electron chi connectivity index (χ2n) is 33.5. The van der Waals surface area contributed by atoms with E-state index >= 15 is 0 Å². The van der Waals surface area contributed by atoms with Crippen LogP contribution in [-0.4, -0.2) is 28.2 Å². The van der Waals surface area contributed by atoms with Crippen molar-refractivity contribution in [1.82, 2.24) is 28.2 Å². The first-order valence-electron chi connectivity index (χ1n) is 40.8. The predicted molar refractivity (Wildman–Crippen MR) is 459 cm³/mol. The Labute approximate surface area is 668 Å². The molecule has 3 spiro atoms. The van der Waals surface area contributed by atoms with E-state index in [2.05, 4.69) is 337 Å². The van der Waals surface area contributed by atoms with Gasteiger partial charge in [-0.05, 0) is 170 Å². The van der Waals surface area contributed by atoms with Crippen LogP contribution in [0.3, 0.4) is 0 Å². The Balaban J connectivity index is 0.0000000847. The maximum absolute atomic E-state index is 6.86. The molecule has 0 amide bonds. The van der Waals surface area contributed by atoms with Crippen LogP contribution in [0.25, 0.3) is 202 Å². The number of fused-ring (bicyclic) bond motifs is 24. The van der Waals surface area contributed by atoms with Crippen molar-refractivity contribution >= 4 is 202 Å². The van der Waals surface area contributed by atoms with E-state index in [-0.39, 0.29) is 0 Å². The molecular formula is C104H52N12O3+6. The highest BCUT2D eigenvalue weighted by atomic mass is 16.5. The molecule has 20 heterocycles. The summed E-state index contributed by atoms with van der Waals surface area (Å²) in [5.41, 5.74) is 21.7. The molecule has 0 saturated heterocycles. The van der Waals surface area contributed by atoms with E-state index in [0.717, 1.165) is 78.6 Å². The molecular weight excluding hydrogens is 1470 g/mol. The summed E-state index contributed by atoms with van der Waals surface area (Å²) >= 11 is 0. The van der Waals surface area contributed by atoms with Crippen LogP contribution in [0.4, 0.5) is 0 Å². The van der Waals surface area contributed by atoms with E-state index in [1.54, 1.807) is 12.4 Å². The molecule has 3 unspecified atom stereocenters. The minimum atomic E-state index is -0.658. The van der Waals surface area contributed by atoms with Crippen molar-refractivity contribution in [2.75, 3.05) is 0 Å². The topological polar surface area (TPSA) is 103 Å².